The molecule has 1 aromatic carbocycles. The smallest absolute Gasteiger partial charge is 0.426 e. The fourth-order valence-electron chi connectivity index (χ4n) is 1.84. The number of imide groups is 1. The number of carbonyl (C=O) groups excluding carboxylic acids is 2. The highest BCUT2D eigenvalue weighted by atomic mass is 79.9. The third kappa shape index (κ3) is 5.15. The van der Waals surface area contributed by atoms with E-state index in [9.17, 15) is 9.59 Å². The van der Waals surface area contributed by atoms with E-state index in [0.717, 1.165) is 14.1 Å². The fourth-order valence-corrected chi connectivity index (χ4v) is 3.40. The number of aromatic nitrogens is 1. The quantitative estimate of drug-likeness (QED) is 0.579. The normalized spacial score (nSPS) is 12.1. The summed E-state index contributed by atoms with van der Waals surface area (Å²) < 4.78 is 12.3. The molecule has 0 saturated carbocycles. The minimum atomic E-state index is -0.822. The number of anilines is 1. The molecule has 0 fully saturated rings. The minimum absolute atomic E-state index is 0.199. The Morgan fingerprint density at radius 2 is 1.56 bits per heavy atom. The highest BCUT2D eigenvalue weighted by Gasteiger charge is 2.34. The first-order valence-electron chi connectivity index (χ1n) is 7.68. The molecule has 0 aliphatic carbocycles. The number of para-hydroxylation sites is 1. The molecule has 0 unspecified atom stereocenters. The molecular formula is C17H21BrN2O4S. The van der Waals surface area contributed by atoms with Gasteiger partial charge in [-0.05, 0) is 69.6 Å². The maximum atomic E-state index is 12.6. The molecule has 0 N–H and O–H groups in total. The molecule has 136 valence electrons. The topological polar surface area (TPSA) is 68.7 Å². The van der Waals surface area contributed by atoms with Crippen LogP contribution in [0.2, 0.25) is 0 Å². The van der Waals surface area contributed by atoms with Crippen LogP contribution in [0.5, 0.6) is 0 Å². The fraction of sp³-hybridized carbons (Fsp3) is 0.471. The average Bonchev–Trinajstić information content (AvgIpc) is 2.79. The number of carbonyl (C=O) groups is 2. The molecule has 2 rings (SSSR count). The van der Waals surface area contributed by atoms with Crippen molar-refractivity contribution in [1.29, 1.82) is 0 Å². The molecule has 0 saturated heterocycles. The first kappa shape index (κ1) is 19.7. The van der Waals surface area contributed by atoms with Gasteiger partial charge in [0.1, 0.15) is 11.2 Å². The van der Waals surface area contributed by atoms with Crippen molar-refractivity contribution >= 4 is 54.8 Å². The molecule has 2 amide bonds. The van der Waals surface area contributed by atoms with Crippen LogP contribution in [0.15, 0.2) is 22.7 Å². The van der Waals surface area contributed by atoms with Crippen molar-refractivity contribution in [3.63, 3.8) is 0 Å². The predicted octanol–water partition coefficient (Wildman–Crippen LogP) is 5.74. The van der Waals surface area contributed by atoms with E-state index in [4.69, 9.17) is 9.47 Å². The third-order valence-electron chi connectivity index (χ3n) is 2.70. The number of halogens is 1. The summed E-state index contributed by atoms with van der Waals surface area (Å²) in [6.45, 7) is 10.4. The van der Waals surface area contributed by atoms with Crippen molar-refractivity contribution in [1.82, 2.24) is 4.98 Å². The molecule has 1 aromatic heterocycles. The number of nitrogens with zero attached hydrogens (tertiary/aromatic N) is 2. The molecule has 25 heavy (non-hydrogen) atoms. The summed E-state index contributed by atoms with van der Waals surface area (Å²) in [7, 11) is 0. The summed E-state index contributed by atoms with van der Waals surface area (Å²) in [6, 6.07) is 5.57. The van der Waals surface area contributed by atoms with Gasteiger partial charge >= 0.3 is 12.2 Å². The lowest BCUT2D eigenvalue weighted by atomic mass is 10.2. The number of hydrogen-bond acceptors (Lipinski definition) is 6. The van der Waals surface area contributed by atoms with Crippen LogP contribution in [-0.4, -0.2) is 28.4 Å². The van der Waals surface area contributed by atoms with E-state index in [2.05, 4.69) is 20.9 Å². The van der Waals surface area contributed by atoms with Gasteiger partial charge in [-0.3, -0.25) is 0 Å². The van der Waals surface area contributed by atoms with E-state index in [-0.39, 0.29) is 5.13 Å². The second-order valence-corrected chi connectivity index (χ2v) is 9.24. The zero-order valence-electron chi connectivity index (χ0n) is 15.0. The molecule has 0 radical (unpaired) electrons. The van der Waals surface area contributed by atoms with Gasteiger partial charge in [0.05, 0.1) is 10.2 Å². The number of thiazole rings is 1. The van der Waals surface area contributed by atoms with Gasteiger partial charge in [0.2, 0.25) is 5.13 Å². The summed E-state index contributed by atoms with van der Waals surface area (Å²) in [5.74, 6) is 0. The Labute approximate surface area is 159 Å². The number of ether oxygens (including phenoxy) is 2. The summed E-state index contributed by atoms with van der Waals surface area (Å²) in [5.41, 5.74) is -0.844. The van der Waals surface area contributed by atoms with Crippen molar-refractivity contribution in [2.75, 3.05) is 4.90 Å². The predicted molar refractivity (Wildman–Crippen MR) is 102 cm³/mol. The summed E-state index contributed by atoms with van der Waals surface area (Å²) in [6.07, 6.45) is -1.64. The second kappa shape index (κ2) is 6.92. The maximum absolute atomic E-state index is 12.6. The van der Waals surface area contributed by atoms with E-state index in [0.29, 0.717) is 5.52 Å². The van der Waals surface area contributed by atoms with Gasteiger partial charge in [0.15, 0.2) is 0 Å². The molecule has 6 nitrogen and oxygen atoms in total. The molecular weight excluding hydrogens is 408 g/mol. The maximum Gasteiger partial charge on any atom is 0.426 e. The van der Waals surface area contributed by atoms with Crippen LogP contribution >= 0.6 is 27.3 Å². The van der Waals surface area contributed by atoms with Crippen molar-refractivity contribution in [2.24, 2.45) is 0 Å². The van der Waals surface area contributed by atoms with E-state index in [1.54, 1.807) is 41.5 Å². The highest BCUT2D eigenvalue weighted by molar-refractivity contribution is 9.10. The number of benzene rings is 1. The Bertz CT molecular complexity index is 777. The van der Waals surface area contributed by atoms with Crippen molar-refractivity contribution in [2.45, 2.75) is 52.7 Å². The zero-order valence-corrected chi connectivity index (χ0v) is 17.4. The van der Waals surface area contributed by atoms with Crippen LogP contribution in [0.1, 0.15) is 41.5 Å². The highest BCUT2D eigenvalue weighted by Crippen LogP contribution is 2.34. The van der Waals surface area contributed by atoms with Crippen LogP contribution in [0.25, 0.3) is 10.2 Å². The van der Waals surface area contributed by atoms with Crippen LogP contribution in [-0.2, 0) is 9.47 Å². The lowest BCUT2D eigenvalue weighted by molar-refractivity contribution is 0.0431. The van der Waals surface area contributed by atoms with Crippen molar-refractivity contribution in [3.05, 3.63) is 22.7 Å². The van der Waals surface area contributed by atoms with Gasteiger partial charge in [0.25, 0.3) is 0 Å². The molecule has 0 atom stereocenters. The van der Waals surface area contributed by atoms with E-state index >= 15 is 0 Å². The average molecular weight is 429 g/mol. The molecule has 1 heterocycles. The number of amides is 2. The van der Waals surface area contributed by atoms with E-state index in [1.807, 2.05) is 18.2 Å². The van der Waals surface area contributed by atoms with Gasteiger partial charge in [-0.25, -0.2) is 14.6 Å². The molecule has 8 heteroatoms. The number of rotatable bonds is 1. The Balaban J connectivity index is 2.47. The Kier molecular flexibility index (Phi) is 5.44. The monoisotopic (exact) mass is 428 g/mol. The third-order valence-corrected chi connectivity index (χ3v) is 4.35. The molecule has 2 aromatic rings. The van der Waals surface area contributed by atoms with Crippen LogP contribution in [0.3, 0.4) is 0 Å². The van der Waals surface area contributed by atoms with E-state index < -0.39 is 23.4 Å². The van der Waals surface area contributed by atoms with Crippen LogP contribution in [0, 0.1) is 0 Å². The van der Waals surface area contributed by atoms with Crippen LogP contribution in [0.4, 0.5) is 14.7 Å². The summed E-state index contributed by atoms with van der Waals surface area (Å²) in [5, 5.41) is 0.199. The molecule has 0 bridgehead atoms. The van der Waals surface area contributed by atoms with Crippen LogP contribution < -0.4 is 4.90 Å². The first-order valence-corrected chi connectivity index (χ1v) is 9.29. The van der Waals surface area contributed by atoms with Gasteiger partial charge in [-0.1, -0.05) is 17.4 Å². The molecule has 0 aliphatic heterocycles. The standard InChI is InChI=1S/C17H21BrN2O4S/c1-16(2,3)23-14(21)20(15(22)24-17(4,5)6)13-19-12-10(18)8-7-9-11(12)25-13/h7-9H,1-6H3. The Hall–Kier alpha value is -1.67. The van der Waals surface area contributed by atoms with E-state index in [1.165, 1.54) is 11.3 Å². The molecule has 0 aliphatic rings. The van der Waals surface area contributed by atoms with Gasteiger partial charge in [-0.2, -0.15) is 4.90 Å². The summed E-state index contributed by atoms with van der Waals surface area (Å²) in [4.78, 5) is 30.5. The Morgan fingerprint density at radius 3 is 2.00 bits per heavy atom. The lowest BCUT2D eigenvalue weighted by Crippen LogP contribution is -2.43. The SMILES string of the molecule is CC(C)(C)OC(=O)N(C(=O)OC(C)(C)C)c1nc2c(Br)cccc2s1. The number of fused-ring (bicyclic) bond motifs is 1. The van der Waals surface area contributed by atoms with Gasteiger partial charge < -0.3 is 9.47 Å². The summed E-state index contributed by atoms with van der Waals surface area (Å²) >= 11 is 4.64. The van der Waals surface area contributed by atoms with Crippen molar-refractivity contribution < 1.29 is 19.1 Å². The minimum Gasteiger partial charge on any atom is -0.443 e. The largest absolute Gasteiger partial charge is 0.443 e. The first-order chi connectivity index (χ1) is 11.4. The second-order valence-electron chi connectivity index (χ2n) is 7.38. The van der Waals surface area contributed by atoms with Gasteiger partial charge in [-0.15, -0.1) is 0 Å². The zero-order chi connectivity index (χ0) is 19.0. The Morgan fingerprint density at radius 1 is 1.04 bits per heavy atom. The van der Waals surface area contributed by atoms with Gasteiger partial charge in [0, 0.05) is 4.47 Å². The van der Waals surface area contributed by atoms with Crippen molar-refractivity contribution in [3.8, 4) is 0 Å². The lowest BCUT2D eigenvalue weighted by Gasteiger charge is -2.27. The number of hydrogen-bond donors (Lipinski definition) is 0. The molecule has 0 spiro atoms.